The Balaban J connectivity index is 0.000000193. The number of likely N-dealkylation sites (tertiary alicyclic amines) is 6. The van der Waals surface area contributed by atoms with Gasteiger partial charge >= 0.3 is 18.3 Å². The van der Waals surface area contributed by atoms with E-state index in [-0.39, 0.29) is 30.6 Å². The molecule has 0 aromatic rings. The smallest absolute Gasteiger partial charge is 0.410 e. The molecule has 2 N–H and O–H groups in total. The summed E-state index contributed by atoms with van der Waals surface area (Å²) in [5.74, 6) is 0.103. The summed E-state index contributed by atoms with van der Waals surface area (Å²) in [4.78, 5) is 58.9. The van der Waals surface area contributed by atoms with Gasteiger partial charge in [-0.3, -0.25) is 19.5 Å². The van der Waals surface area contributed by atoms with Crippen molar-refractivity contribution in [1.29, 1.82) is 0 Å². The highest BCUT2D eigenvalue weighted by molar-refractivity contribution is 5.87. The lowest BCUT2D eigenvalue weighted by atomic mass is 10.1. The fraction of sp³-hybridized carbons (Fsp3) is 0.917. The van der Waals surface area contributed by atoms with Crippen LogP contribution in [0.5, 0.6) is 0 Å². The monoisotopic (exact) mass is 924 g/mol. The van der Waals surface area contributed by atoms with E-state index in [0.717, 1.165) is 96.9 Å². The molecule has 376 valence electrons. The van der Waals surface area contributed by atoms with Crippen molar-refractivity contribution in [1.82, 2.24) is 34.7 Å². The van der Waals surface area contributed by atoms with Crippen LogP contribution in [0, 0.1) is 0 Å². The highest BCUT2D eigenvalue weighted by Crippen LogP contribution is 2.25. The minimum Gasteiger partial charge on any atom is -0.444 e. The lowest BCUT2D eigenvalue weighted by Gasteiger charge is -2.35. The highest BCUT2D eigenvalue weighted by atomic mass is 16.6. The van der Waals surface area contributed by atoms with Crippen LogP contribution in [0.1, 0.15) is 127 Å². The van der Waals surface area contributed by atoms with E-state index in [2.05, 4.69) is 20.0 Å². The van der Waals surface area contributed by atoms with Crippen LogP contribution in [-0.2, 0) is 28.5 Å². The standard InChI is InChI=1S/C15H28N2O3.C14H26N2O3.C10H20N2O.C9H15NO3/c1-15(2,3)20-14(18)17-8-5-12(11-17)16-9-6-13(19-4)7-10-16;1-14(2,3)19-13(18)16-7-4-11(10-16)15-8-5-12(17)6-9-15;1-13-10-3-6-12(7-4-10)9-2-5-11-8-9;1-9(2,3)13-8(12)10-5-4-7(11)6-10/h12-13H,5-11H2,1-4H3;11-12,17H,4-10H2,1-3H3;9-11H,2-8H2,1H3;4-6H2,1-3H3. The molecular weight excluding hydrogens is 835 g/mol. The van der Waals surface area contributed by atoms with Gasteiger partial charge in [0.25, 0.3) is 0 Å². The lowest BCUT2D eigenvalue weighted by Crippen LogP contribution is -2.45. The van der Waals surface area contributed by atoms with E-state index >= 15 is 0 Å². The molecule has 7 fully saturated rings. The number of carbonyl (C=O) groups is 4. The minimum absolute atomic E-state index is 0.103. The van der Waals surface area contributed by atoms with Crippen molar-refractivity contribution in [2.75, 3.05) is 106 Å². The summed E-state index contributed by atoms with van der Waals surface area (Å²) in [5.41, 5.74) is -1.32. The van der Waals surface area contributed by atoms with Gasteiger partial charge in [-0.15, -0.1) is 0 Å². The van der Waals surface area contributed by atoms with Gasteiger partial charge in [0.05, 0.1) is 24.9 Å². The molecule has 3 amide bonds. The number of rotatable bonds is 5. The van der Waals surface area contributed by atoms with Crippen LogP contribution in [0.15, 0.2) is 0 Å². The molecule has 0 aliphatic carbocycles. The molecule has 0 aromatic carbocycles. The fourth-order valence-electron chi connectivity index (χ4n) is 9.33. The first-order valence-electron chi connectivity index (χ1n) is 24.6. The Morgan fingerprint density at radius 3 is 1.25 bits per heavy atom. The van der Waals surface area contributed by atoms with Crippen LogP contribution < -0.4 is 5.32 Å². The van der Waals surface area contributed by atoms with E-state index < -0.39 is 22.9 Å². The molecule has 7 heterocycles. The predicted octanol–water partition coefficient (Wildman–Crippen LogP) is 5.21. The zero-order chi connectivity index (χ0) is 48.0. The maximum atomic E-state index is 12.1. The number of aliphatic hydroxyl groups excluding tert-OH is 1. The summed E-state index contributed by atoms with van der Waals surface area (Å²) >= 11 is 0. The first kappa shape index (κ1) is 54.8. The van der Waals surface area contributed by atoms with Gasteiger partial charge in [0.15, 0.2) is 5.78 Å². The molecule has 65 heavy (non-hydrogen) atoms. The van der Waals surface area contributed by atoms with Crippen molar-refractivity contribution in [3.63, 3.8) is 0 Å². The van der Waals surface area contributed by atoms with Crippen LogP contribution in [0.25, 0.3) is 0 Å². The maximum Gasteiger partial charge on any atom is 0.410 e. The zero-order valence-electron chi connectivity index (χ0n) is 42.2. The Bertz CT molecular complexity index is 1460. The molecule has 0 aromatic heterocycles. The third-order valence-corrected chi connectivity index (χ3v) is 13.0. The van der Waals surface area contributed by atoms with Gasteiger partial charge < -0.3 is 48.8 Å². The third kappa shape index (κ3) is 19.8. The van der Waals surface area contributed by atoms with Crippen LogP contribution in [0.3, 0.4) is 0 Å². The molecule has 17 nitrogen and oxygen atoms in total. The third-order valence-electron chi connectivity index (χ3n) is 13.0. The number of methoxy groups -OCH3 is 2. The number of piperidine rings is 3. The average Bonchev–Trinajstić information content (AvgIpc) is 4.09. The lowest BCUT2D eigenvalue weighted by molar-refractivity contribution is -0.117. The van der Waals surface area contributed by atoms with Crippen molar-refractivity contribution in [2.45, 2.75) is 180 Å². The second-order valence-electron chi connectivity index (χ2n) is 21.8. The van der Waals surface area contributed by atoms with Crippen molar-refractivity contribution in [2.24, 2.45) is 0 Å². The molecule has 0 saturated carbocycles. The fourth-order valence-corrected chi connectivity index (χ4v) is 9.33. The predicted molar refractivity (Wildman–Crippen MR) is 251 cm³/mol. The van der Waals surface area contributed by atoms with Crippen molar-refractivity contribution in [3.05, 3.63) is 0 Å². The van der Waals surface area contributed by atoms with Gasteiger partial charge in [-0.05, 0) is 127 Å². The number of nitrogens with zero attached hydrogens (tertiary/aromatic N) is 6. The summed E-state index contributed by atoms with van der Waals surface area (Å²) < 4.78 is 26.7. The van der Waals surface area contributed by atoms with Crippen LogP contribution in [0.2, 0.25) is 0 Å². The van der Waals surface area contributed by atoms with E-state index in [1.165, 1.54) is 50.3 Å². The molecule has 0 radical (unpaired) electrons. The first-order chi connectivity index (χ1) is 30.5. The molecule has 7 aliphatic heterocycles. The van der Waals surface area contributed by atoms with Crippen molar-refractivity contribution in [3.8, 4) is 0 Å². The number of Topliss-reactive ketones (excluding diaryl/α,β-unsaturated/α-hetero) is 1. The van der Waals surface area contributed by atoms with Crippen LogP contribution in [-0.4, -0.2) is 218 Å². The van der Waals surface area contributed by atoms with Gasteiger partial charge in [0.2, 0.25) is 0 Å². The van der Waals surface area contributed by atoms with Gasteiger partial charge in [-0.1, -0.05) is 0 Å². The SMILES string of the molecule is CC(C)(C)OC(=O)N1CCC(=O)C1.CC(C)(C)OC(=O)N1CCC(N2CCC(O)CC2)C1.COC1CCN(C2CCN(C(=O)OC(C)(C)C)C2)CC1.COC1CCN(C2CCNC2)CC1. The van der Waals surface area contributed by atoms with E-state index in [4.69, 9.17) is 23.7 Å². The molecule has 7 saturated heterocycles. The van der Waals surface area contributed by atoms with Gasteiger partial charge in [-0.25, -0.2) is 14.4 Å². The molecule has 3 unspecified atom stereocenters. The maximum absolute atomic E-state index is 12.1. The number of amides is 3. The number of ether oxygens (including phenoxy) is 5. The molecule has 17 heteroatoms. The summed E-state index contributed by atoms with van der Waals surface area (Å²) in [5, 5.41) is 12.9. The van der Waals surface area contributed by atoms with E-state index in [1.54, 1.807) is 12.0 Å². The number of carbonyl (C=O) groups excluding carboxylic acids is 4. The molecule has 3 atom stereocenters. The molecule has 7 rings (SSSR count). The summed E-state index contributed by atoms with van der Waals surface area (Å²) in [6, 6.07) is 1.72. The van der Waals surface area contributed by atoms with Gasteiger partial charge in [-0.2, -0.15) is 0 Å². The van der Waals surface area contributed by atoms with Crippen molar-refractivity contribution >= 4 is 24.1 Å². The largest absolute Gasteiger partial charge is 0.444 e. The van der Waals surface area contributed by atoms with Crippen LogP contribution in [0.4, 0.5) is 14.4 Å². The quantitative estimate of drug-likeness (QED) is 0.345. The summed E-state index contributed by atoms with van der Waals surface area (Å²) in [6.45, 7) is 29.5. The summed E-state index contributed by atoms with van der Waals surface area (Å²) in [7, 11) is 3.62. The summed E-state index contributed by atoms with van der Waals surface area (Å²) in [6.07, 6.45) is 10.2. The van der Waals surface area contributed by atoms with Gasteiger partial charge in [0, 0.05) is 117 Å². The number of nitrogens with one attached hydrogen (secondary N) is 1. The highest BCUT2D eigenvalue weighted by Gasteiger charge is 2.36. The molecule has 0 bridgehead atoms. The van der Waals surface area contributed by atoms with E-state index in [0.29, 0.717) is 37.3 Å². The Labute approximate surface area is 391 Å². The van der Waals surface area contributed by atoms with E-state index in [1.807, 2.05) is 74.3 Å². The molecular formula is C48H89N7O10. The second kappa shape index (κ2) is 25.5. The second-order valence-corrected chi connectivity index (χ2v) is 21.8. The Hall–Kier alpha value is -2.80. The Morgan fingerprint density at radius 1 is 0.523 bits per heavy atom. The average molecular weight is 924 g/mol. The minimum atomic E-state index is -0.483. The molecule has 7 aliphatic rings. The Kier molecular flexibility index (Phi) is 21.5. The topological polar surface area (TPSA) is 166 Å². The van der Waals surface area contributed by atoms with Gasteiger partial charge in [0.1, 0.15) is 16.8 Å². The molecule has 0 spiro atoms. The Morgan fingerprint density at radius 2 is 0.908 bits per heavy atom. The zero-order valence-corrected chi connectivity index (χ0v) is 42.2. The normalized spacial score (nSPS) is 25.9. The van der Waals surface area contributed by atoms with Crippen molar-refractivity contribution < 1.29 is 48.0 Å². The number of hydrogen-bond acceptors (Lipinski definition) is 14. The number of ketones is 1. The number of aliphatic hydroxyl groups is 1. The number of hydrogen-bond donors (Lipinski definition) is 2. The van der Waals surface area contributed by atoms with Crippen LogP contribution >= 0.6 is 0 Å². The first-order valence-corrected chi connectivity index (χ1v) is 24.6. The van der Waals surface area contributed by atoms with E-state index in [9.17, 15) is 24.3 Å².